The van der Waals surface area contributed by atoms with E-state index in [1.807, 2.05) is 51.1 Å². The Morgan fingerprint density at radius 3 is 2.33 bits per heavy atom. The van der Waals surface area contributed by atoms with Crippen LogP contribution in [0.4, 0.5) is 0 Å². The number of amides is 1. The maximum Gasteiger partial charge on any atom is 0.255 e. The van der Waals surface area contributed by atoms with Crippen molar-refractivity contribution in [3.8, 4) is 11.3 Å². The fourth-order valence-corrected chi connectivity index (χ4v) is 3.12. The first kappa shape index (κ1) is 18.9. The third-order valence-corrected chi connectivity index (χ3v) is 5.40. The van der Waals surface area contributed by atoms with Crippen LogP contribution in [0.1, 0.15) is 49.5 Å². The smallest absolute Gasteiger partial charge is 0.255 e. The molecule has 1 aromatic heterocycles. The Hall–Kier alpha value is -2.88. The van der Waals surface area contributed by atoms with E-state index in [1.54, 1.807) is 25.1 Å². The average molecular weight is 363 g/mol. The highest BCUT2D eigenvalue weighted by atomic mass is 16.3. The lowest BCUT2D eigenvalue weighted by Crippen LogP contribution is -2.45. The highest BCUT2D eigenvalue weighted by Crippen LogP contribution is 2.27. The molecule has 4 heteroatoms. The summed E-state index contributed by atoms with van der Waals surface area (Å²) in [4.78, 5) is 25.9. The van der Waals surface area contributed by atoms with Gasteiger partial charge in [0.2, 0.25) is 0 Å². The van der Waals surface area contributed by atoms with Gasteiger partial charge in [-0.25, -0.2) is 0 Å². The summed E-state index contributed by atoms with van der Waals surface area (Å²) >= 11 is 0. The van der Waals surface area contributed by atoms with Gasteiger partial charge in [-0.1, -0.05) is 50.2 Å². The molecule has 0 spiro atoms. The molecule has 0 radical (unpaired) electrons. The van der Waals surface area contributed by atoms with E-state index >= 15 is 0 Å². The maximum absolute atomic E-state index is 13.0. The summed E-state index contributed by atoms with van der Waals surface area (Å²) < 4.78 is 6.13. The van der Waals surface area contributed by atoms with Gasteiger partial charge in [0, 0.05) is 16.7 Å². The van der Waals surface area contributed by atoms with E-state index in [1.165, 1.54) is 0 Å². The van der Waals surface area contributed by atoms with Crippen molar-refractivity contribution < 1.29 is 9.21 Å². The van der Waals surface area contributed by atoms with Crippen LogP contribution < -0.4 is 10.7 Å². The molecule has 140 valence electrons. The summed E-state index contributed by atoms with van der Waals surface area (Å²) in [6.45, 7) is 7.87. The van der Waals surface area contributed by atoms with Crippen LogP contribution in [0.5, 0.6) is 0 Å². The zero-order chi connectivity index (χ0) is 19.6. The standard InChI is InChI=1S/C23H25NO3/c1-5-23(4,6-2)24-22(26)18-14-10-13-17-19(25)15(3)20(27-21(17)18)16-11-8-7-9-12-16/h7-14H,5-6H2,1-4H3,(H,24,26). The van der Waals surface area contributed by atoms with E-state index in [0.29, 0.717) is 27.9 Å². The summed E-state index contributed by atoms with van der Waals surface area (Å²) in [5, 5.41) is 3.52. The number of benzene rings is 2. The maximum atomic E-state index is 13.0. The van der Waals surface area contributed by atoms with Gasteiger partial charge in [-0.15, -0.1) is 0 Å². The normalized spacial score (nSPS) is 11.6. The average Bonchev–Trinajstić information content (AvgIpc) is 2.70. The number of hydrogen-bond acceptors (Lipinski definition) is 3. The molecule has 27 heavy (non-hydrogen) atoms. The second kappa shape index (κ2) is 7.39. The zero-order valence-electron chi connectivity index (χ0n) is 16.3. The molecule has 0 unspecified atom stereocenters. The van der Waals surface area contributed by atoms with Gasteiger partial charge in [0.15, 0.2) is 11.0 Å². The Labute approximate surface area is 159 Å². The quantitative estimate of drug-likeness (QED) is 0.688. The first-order valence-electron chi connectivity index (χ1n) is 9.34. The minimum atomic E-state index is -0.299. The molecule has 0 aliphatic heterocycles. The van der Waals surface area contributed by atoms with Crippen molar-refractivity contribution in [3.63, 3.8) is 0 Å². The molecule has 1 amide bonds. The number of carbonyl (C=O) groups is 1. The third-order valence-electron chi connectivity index (χ3n) is 5.40. The fourth-order valence-electron chi connectivity index (χ4n) is 3.12. The molecule has 1 heterocycles. The van der Waals surface area contributed by atoms with Crippen molar-refractivity contribution in [2.45, 2.75) is 46.1 Å². The van der Waals surface area contributed by atoms with Crippen molar-refractivity contribution in [2.75, 3.05) is 0 Å². The van der Waals surface area contributed by atoms with Crippen LogP contribution >= 0.6 is 0 Å². The van der Waals surface area contributed by atoms with Crippen LogP contribution in [0.25, 0.3) is 22.3 Å². The van der Waals surface area contributed by atoms with Gasteiger partial charge in [0.05, 0.1) is 10.9 Å². The first-order chi connectivity index (χ1) is 12.9. The second-order valence-corrected chi connectivity index (χ2v) is 7.16. The Bertz CT molecular complexity index is 1030. The molecule has 0 aliphatic rings. The summed E-state index contributed by atoms with van der Waals surface area (Å²) in [7, 11) is 0. The molecule has 0 aliphatic carbocycles. The van der Waals surface area contributed by atoms with E-state index in [-0.39, 0.29) is 16.9 Å². The number of para-hydroxylation sites is 1. The topological polar surface area (TPSA) is 59.3 Å². The van der Waals surface area contributed by atoms with E-state index < -0.39 is 0 Å². The van der Waals surface area contributed by atoms with Gasteiger partial charge in [-0.3, -0.25) is 9.59 Å². The van der Waals surface area contributed by atoms with E-state index in [0.717, 1.165) is 18.4 Å². The van der Waals surface area contributed by atoms with Crippen LogP contribution in [-0.4, -0.2) is 11.4 Å². The molecule has 1 N–H and O–H groups in total. The predicted molar refractivity (Wildman–Crippen MR) is 109 cm³/mol. The molecular formula is C23H25NO3. The SMILES string of the molecule is CCC(C)(CC)NC(=O)c1cccc2c(=O)c(C)c(-c3ccccc3)oc12. The Morgan fingerprint density at radius 1 is 1.04 bits per heavy atom. The summed E-state index contributed by atoms with van der Waals surface area (Å²) in [5.74, 6) is 0.278. The van der Waals surface area contributed by atoms with Gasteiger partial charge in [0.1, 0.15) is 5.76 Å². The van der Waals surface area contributed by atoms with E-state index in [9.17, 15) is 9.59 Å². The van der Waals surface area contributed by atoms with Crippen molar-refractivity contribution >= 4 is 16.9 Å². The van der Waals surface area contributed by atoms with Crippen molar-refractivity contribution in [3.05, 3.63) is 69.9 Å². The minimum absolute atomic E-state index is 0.113. The van der Waals surface area contributed by atoms with Crippen molar-refractivity contribution in [2.24, 2.45) is 0 Å². The van der Waals surface area contributed by atoms with Crippen LogP contribution in [0.3, 0.4) is 0 Å². The van der Waals surface area contributed by atoms with Crippen LogP contribution in [0, 0.1) is 6.92 Å². The molecular weight excluding hydrogens is 338 g/mol. The summed E-state index contributed by atoms with van der Waals surface area (Å²) in [5.41, 5.74) is 1.66. The van der Waals surface area contributed by atoms with Gasteiger partial charge >= 0.3 is 0 Å². The van der Waals surface area contributed by atoms with Crippen LogP contribution in [-0.2, 0) is 0 Å². The lowest BCUT2D eigenvalue weighted by Gasteiger charge is -2.28. The molecule has 3 aromatic rings. The number of hydrogen-bond donors (Lipinski definition) is 1. The number of fused-ring (bicyclic) bond motifs is 1. The fraction of sp³-hybridized carbons (Fsp3) is 0.304. The Kier molecular flexibility index (Phi) is 5.17. The highest BCUT2D eigenvalue weighted by Gasteiger charge is 2.25. The van der Waals surface area contributed by atoms with Crippen LogP contribution in [0.15, 0.2) is 57.7 Å². The minimum Gasteiger partial charge on any atom is -0.455 e. The number of carbonyl (C=O) groups excluding carboxylic acids is 1. The van der Waals surface area contributed by atoms with E-state index in [4.69, 9.17) is 4.42 Å². The lowest BCUT2D eigenvalue weighted by atomic mass is 9.95. The molecule has 0 bridgehead atoms. The van der Waals surface area contributed by atoms with Crippen molar-refractivity contribution in [1.29, 1.82) is 0 Å². The first-order valence-corrected chi connectivity index (χ1v) is 9.34. The highest BCUT2D eigenvalue weighted by molar-refractivity contribution is 6.05. The van der Waals surface area contributed by atoms with Gasteiger partial charge in [0.25, 0.3) is 5.91 Å². The molecule has 0 saturated heterocycles. The molecule has 0 atom stereocenters. The second-order valence-electron chi connectivity index (χ2n) is 7.16. The monoisotopic (exact) mass is 363 g/mol. The largest absolute Gasteiger partial charge is 0.455 e. The lowest BCUT2D eigenvalue weighted by molar-refractivity contribution is 0.0901. The Balaban J connectivity index is 2.20. The molecule has 4 nitrogen and oxygen atoms in total. The number of rotatable bonds is 5. The molecule has 0 saturated carbocycles. The zero-order valence-corrected chi connectivity index (χ0v) is 16.3. The summed E-state index contributed by atoms with van der Waals surface area (Å²) in [6, 6.07) is 14.6. The van der Waals surface area contributed by atoms with Gasteiger partial charge in [-0.2, -0.15) is 0 Å². The predicted octanol–water partition coefficient (Wildman–Crippen LogP) is 5.08. The van der Waals surface area contributed by atoms with E-state index in [2.05, 4.69) is 5.32 Å². The molecule has 2 aromatic carbocycles. The molecule has 3 rings (SSSR count). The summed E-state index contributed by atoms with van der Waals surface area (Å²) in [6.07, 6.45) is 1.64. The van der Waals surface area contributed by atoms with Gasteiger partial charge in [-0.05, 0) is 38.8 Å². The molecule has 0 fully saturated rings. The third kappa shape index (κ3) is 3.52. The van der Waals surface area contributed by atoms with Crippen LogP contribution in [0.2, 0.25) is 0 Å². The number of nitrogens with one attached hydrogen (secondary N) is 1. The Morgan fingerprint density at radius 2 is 1.70 bits per heavy atom. The van der Waals surface area contributed by atoms with Gasteiger partial charge < -0.3 is 9.73 Å². The van der Waals surface area contributed by atoms with Crippen molar-refractivity contribution in [1.82, 2.24) is 5.32 Å².